The molecule has 4 aromatic rings. The second-order valence-corrected chi connectivity index (χ2v) is 10.9. The first-order chi connectivity index (χ1) is 17.1. The Hall–Kier alpha value is -2.68. The van der Waals surface area contributed by atoms with Crippen molar-refractivity contribution in [2.75, 3.05) is 23.8 Å². The van der Waals surface area contributed by atoms with Crippen molar-refractivity contribution in [1.29, 1.82) is 0 Å². The van der Waals surface area contributed by atoms with Gasteiger partial charge in [-0.1, -0.05) is 6.07 Å². The third kappa shape index (κ3) is 5.08. The summed E-state index contributed by atoms with van der Waals surface area (Å²) < 4.78 is 6.39. The van der Waals surface area contributed by atoms with Crippen LogP contribution in [-0.2, 0) is 0 Å². The van der Waals surface area contributed by atoms with E-state index in [-0.39, 0.29) is 25.1 Å². The number of aryl methyl sites for hydroxylation is 2. The normalized spacial score (nSPS) is 19.4. The van der Waals surface area contributed by atoms with E-state index in [9.17, 15) is 5.11 Å². The molecular weight excluding hydrogens is 494 g/mol. The molecule has 2 saturated carbocycles. The van der Waals surface area contributed by atoms with Gasteiger partial charge in [-0.25, -0.2) is 9.97 Å². The molecule has 36 heavy (non-hydrogen) atoms. The molecule has 4 heterocycles. The molecular formula is C27H32ClN5O2S. The molecule has 0 bridgehead atoms. The van der Waals surface area contributed by atoms with E-state index < -0.39 is 0 Å². The lowest BCUT2D eigenvalue weighted by Crippen LogP contribution is -2.19. The molecule has 2 aliphatic carbocycles. The van der Waals surface area contributed by atoms with Crippen molar-refractivity contribution in [1.82, 2.24) is 15.0 Å². The minimum absolute atomic E-state index is 0. The van der Waals surface area contributed by atoms with Gasteiger partial charge >= 0.3 is 0 Å². The van der Waals surface area contributed by atoms with Crippen LogP contribution in [0.4, 0.5) is 11.8 Å². The largest absolute Gasteiger partial charge is 0.454 e. The van der Waals surface area contributed by atoms with Gasteiger partial charge in [-0.2, -0.15) is 4.98 Å². The molecule has 0 spiro atoms. The lowest BCUT2D eigenvalue weighted by atomic mass is 10.1. The van der Waals surface area contributed by atoms with Crippen LogP contribution in [0.3, 0.4) is 0 Å². The summed E-state index contributed by atoms with van der Waals surface area (Å²) in [6.07, 6.45) is 5.55. The number of halogens is 1. The van der Waals surface area contributed by atoms with Gasteiger partial charge in [-0.15, -0.1) is 23.7 Å². The smallest absolute Gasteiger partial charge is 0.224 e. The molecule has 2 atom stereocenters. The van der Waals surface area contributed by atoms with E-state index in [2.05, 4.69) is 34.2 Å². The van der Waals surface area contributed by atoms with Crippen LogP contribution in [-0.4, -0.2) is 39.3 Å². The topological polar surface area (TPSA) is 96.1 Å². The molecule has 0 amide bonds. The van der Waals surface area contributed by atoms with Gasteiger partial charge in [0.15, 0.2) is 5.58 Å². The number of anilines is 2. The number of aromatic nitrogens is 3. The summed E-state index contributed by atoms with van der Waals surface area (Å²) in [4.78, 5) is 15.6. The predicted octanol–water partition coefficient (Wildman–Crippen LogP) is 6.45. The first-order valence-electron chi connectivity index (χ1n) is 12.5. The maximum absolute atomic E-state index is 9.61. The second kappa shape index (κ2) is 10.4. The third-order valence-electron chi connectivity index (χ3n) is 7.17. The first kappa shape index (κ1) is 25.0. The van der Waals surface area contributed by atoms with Crippen molar-refractivity contribution in [3.63, 3.8) is 0 Å². The average Bonchev–Trinajstić information content (AvgIpc) is 3.21. The molecule has 3 N–H and O–H groups in total. The first-order valence-corrected chi connectivity index (χ1v) is 13.4. The van der Waals surface area contributed by atoms with Crippen molar-refractivity contribution < 1.29 is 9.52 Å². The fraction of sp³-hybridized carbons (Fsp3) is 0.444. The Bertz CT molecular complexity index is 1350. The van der Waals surface area contributed by atoms with Crippen LogP contribution in [0.2, 0.25) is 0 Å². The van der Waals surface area contributed by atoms with E-state index in [1.807, 2.05) is 19.9 Å². The Morgan fingerprint density at radius 2 is 1.89 bits per heavy atom. The molecule has 2 aliphatic rings. The summed E-state index contributed by atoms with van der Waals surface area (Å²) in [6.45, 7) is 5.17. The van der Waals surface area contributed by atoms with E-state index in [0.717, 1.165) is 81.8 Å². The molecule has 2 unspecified atom stereocenters. The number of hydrogen-bond donors (Lipinski definition) is 3. The van der Waals surface area contributed by atoms with Gasteiger partial charge < -0.3 is 20.2 Å². The highest BCUT2D eigenvalue weighted by molar-refractivity contribution is 7.13. The number of pyridine rings is 1. The van der Waals surface area contributed by atoms with Crippen molar-refractivity contribution in [2.24, 2.45) is 11.8 Å². The van der Waals surface area contributed by atoms with Crippen LogP contribution in [0, 0.1) is 25.7 Å². The van der Waals surface area contributed by atoms with Crippen LogP contribution in [0.5, 0.6) is 0 Å². The number of hydrogen-bond acceptors (Lipinski definition) is 8. The van der Waals surface area contributed by atoms with Crippen LogP contribution in [0.1, 0.15) is 43.5 Å². The quantitative estimate of drug-likeness (QED) is 0.243. The van der Waals surface area contributed by atoms with Crippen molar-refractivity contribution in [3.05, 3.63) is 41.0 Å². The monoisotopic (exact) mass is 525 g/mol. The van der Waals surface area contributed by atoms with Gasteiger partial charge in [-0.05, 0) is 81.4 Å². The number of nitrogens with one attached hydrogen (secondary N) is 2. The highest BCUT2D eigenvalue weighted by Crippen LogP contribution is 2.38. The van der Waals surface area contributed by atoms with E-state index in [1.54, 1.807) is 11.3 Å². The van der Waals surface area contributed by atoms with E-state index >= 15 is 0 Å². The zero-order valence-electron chi connectivity index (χ0n) is 20.6. The molecule has 6 rings (SSSR count). The Morgan fingerprint density at radius 3 is 2.61 bits per heavy atom. The molecule has 7 nitrogen and oxygen atoms in total. The van der Waals surface area contributed by atoms with Crippen molar-refractivity contribution >= 4 is 46.5 Å². The maximum Gasteiger partial charge on any atom is 0.224 e. The maximum atomic E-state index is 9.61. The highest BCUT2D eigenvalue weighted by atomic mass is 35.5. The SMILES string of the molecule is Cc1nc(NCC2CC2)nc(NC2CCC(CO)C2)c1-c1cc2cc(-c3cccs3)nc(C)c2o1.Cl. The molecule has 2 fully saturated rings. The fourth-order valence-electron chi connectivity index (χ4n) is 5.05. The predicted molar refractivity (Wildman–Crippen MR) is 148 cm³/mol. The number of nitrogens with zero attached hydrogens (tertiary/aromatic N) is 3. The zero-order chi connectivity index (χ0) is 23.9. The van der Waals surface area contributed by atoms with Crippen molar-refractivity contribution in [2.45, 2.75) is 52.0 Å². The van der Waals surface area contributed by atoms with Crippen LogP contribution in [0.15, 0.2) is 34.1 Å². The molecule has 9 heteroatoms. The fourth-order valence-corrected chi connectivity index (χ4v) is 5.74. The number of aliphatic hydroxyl groups excluding tert-OH is 1. The second-order valence-electron chi connectivity index (χ2n) is 9.98. The highest BCUT2D eigenvalue weighted by Gasteiger charge is 2.27. The number of thiophene rings is 1. The van der Waals surface area contributed by atoms with Gasteiger partial charge in [0.05, 0.1) is 27.5 Å². The number of aliphatic hydroxyl groups is 1. The molecule has 0 saturated heterocycles. The summed E-state index contributed by atoms with van der Waals surface area (Å²) in [5.74, 6) is 3.29. The van der Waals surface area contributed by atoms with Gasteiger partial charge in [0.25, 0.3) is 0 Å². The Kier molecular flexibility index (Phi) is 7.19. The van der Waals surface area contributed by atoms with Gasteiger partial charge in [0, 0.05) is 24.6 Å². The van der Waals surface area contributed by atoms with Crippen LogP contribution >= 0.6 is 23.7 Å². The summed E-state index contributed by atoms with van der Waals surface area (Å²) in [5.41, 5.74) is 4.39. The minimum Gasteiger partial charge on any atom is -0.454 e. The number of fused-ring (bicyclic) bond motifs is 1. The Balaban J connectivity index is 0.00000267. The van der Waals surface area contributed by atoms with E-state index in [0.29, 0.717) is 11.9 Å². The van der Waals surface area contributed by atoms with Gasteiger partial charge in [0.1, 0.15) is 11.6 Å². The molecule has 0 aromatic carbocycles. The number of rotatable bonds is 8. The summed E-state index contributed by atoms with van der Waals surface area (Å²) in [6, 6.07) is 8.59. The van der Waals surface area contributed by atoms with Crippen LogP contribution in [0.25, 0.3) is 32.9 Å². The molecule has 0 aliphatic heterocycles. The lowest BCUT2D eigenvalue weighted by Gasteiger charge is -2.18. The zero-order valence-corrected chi connectivity index (χ0v) is 22.2. The molecule has 0 radical (unpaired) electrons. The van der Waals surface area contributed by atoms with E-state index in [4.69, 9.17) is 19.4 Å². The Labute approximate surface area is 221 Å². The summed E-state index contributed by atoms with van der Waals surface area (Å²) in [5, 5.41) is 19.8. The van der Waals surface area contributed by atoms with Gasteiger partial charge in [-0.3, -0.25) is 0 Å². The molecule has 4 aromatic heterocycles. The number of furan rings is 1. The van der Waals surface area contributed by atoms with Crippen LogP contribution < -0.4 is 10.6 Å². The molecule has 190 valence electrons. The Morgan fingerprint density at radius 1 is 1.06 bits per heavy atom. The van der Waals surface area contributed by atoms with Gasteiger partial charge in [0.2, 0.25) is 5.95 Å². The average molecular weight is 526 g/mol. The van der Waals surface area contributed by atoms with Crippen molar-refractivity contribution in [3.8, 4) is 21.9 Å². The lowest BCUT2D eigenvalue weighted by molar-refractivity contribution is 0.229. The minimum atomic E-state index is 0. The summed E-state index contributed by atoms with van der Waals surface area (Å²) in [7, 11) is 0. The third-order valence-corrected chi connectivity index (χ3v) is 8.06. The standard InChI is InChI=1S/C27H31N5O2S.ClH/c1-15-24(22-12-19-11-21(23-4-3-9-35-23)29-16(2)25(19)34-22)26(31-20-8-7-18(10-20)14-33)32-27(30-15)28-13-17-5-6-17;/h3-4,9,11-12,17-18,20,33H,5-8,10,13-14H2,1-2H3,(H2,28,30,31,32);1H. The summed E-state index contributed by atoms with van der Waals surface area (Å²) >= 11 is 1.69. The van der Waals surface area contributed by atoms with E-state index in [1.165, 1.54) is 12.8 Å².